The van der Waals surface area contributed by atoms with Crippen LogP contribution in [0.4, 0.5) is 5.13 Å². The normalized spacial score (nSPS) is 12.4. The van der Waals surface area contributed by atoms with Crippen molar-refractivity contribution in [2.24, 2.45) is 0 Å². The number of thioether (sulfide) groups is 1. The summed E-state index contributed by atoms with van der Waals surface area (Å²) in [4.78, 5) is 0. The molecule has 1 heterocycles. The van der Waals surface area contributed by atoms with Crippen molar-refractivity contribution in [3.8, 4) is 0 Å². The smallest absolute Gasteiger partial charge is 0.208 e. The standard InChI is InChI=1S/C11H11Cl2N3OS2/c1-6(17)14-10-15-16-11(19-10)18-5-7-8(12)3-2-4-9(7)13/h2-4,6,17H,5H2,1H3,(H,14,15). The molecule has 0 saturated heterocycles. The molecule has 0 fully saturated rings. The molecule has 1 aromatic carbocycles. The zero-order chi connectivity index (χ0) is 13.8. The first-order valence-corrected chi connectivity index (χ1v) is 7.96. The zero-order valence-corrected chi connectivity index (χ0v) is 13.1. The van der Waals surface area contributed by atoms with Crippen LogP contribution in [0.3, 0.4) is 0 Å². The lowest BCUT2D eigenvalue weighted by atomic mass is 10.2. The number of rotatable bonds is 5. The molecule has 0 amide bonds. The van der Waals surface area contributed by atoms with Gasteiger partial charge in [-0.3, -0.25) is 0 Å². The van der Waals surface area contributed by atoms with Crippen LogP contribution in [0.2, 0.25) is 10.0 Å². The first-order chi connectivity index (χ1) is 9.06. The van der Waals surface area contributed by atoms with Crippen molar-refractivity contribution in [1.29, 1.82) is 0 Å². The Morgan fingerprint density at radius 2 is 2.05 bits per heavy atom. The summed E-state index contributed by atoms with van der Waals surface area (Å²) in [6.07, 6.45) is -0.649. The summed E-state index contributed by atoms with van der Waals surface area (Å²) in [5.41, 5.74) is 0.885. The maximum absolute atomic E-state index is 9.18. The highest BCUT2D eigenvalue weighted by molar-refractivity contribution is 8.00. The lowest BCUT2D eigenvalue weighted by Crippen LogP contribution is -2.12. The van der Waals surface area contributed by atoms with E-state index in [9.17, 15) is 5.11 Å². The molecule has 0 aliphatic heterocycles. The number of aromatic nitrogens is 2. The summed E-state index contributed by atoms with van der Waals surface area (Å²) in [7, 11) is 0. The van der Waals surface area contributed by atoms with Gasteiger partial charge >= 0.3 is 0 Å². The van der Waals surface area contributed by atoms with Crippen LogP contribution in [0.1, 0.15) is 12.5 Å². The molecule has 0 saturated carbocycles. The Morgan fingerprint density at radius 1 is 1.37 bits per heavy atom. The van der Waals surface area contributed by atoms with Gasteiger partial charge in [0.05, 0.1) is 0 Å². The van der Waals surface area contributed by atoms with Gasteiger partial charge < -0.3 is 10.4 Å². The minimum absolute atomic E-state index is 0.586. The van der Waals surface area contributed by atoms with E-state index in [2.05, 4.69) is 15.5 Å². The Morgan fingerprint density at radius 3 is 2.68 bits per heavy atom. The van der Waals surface area contributed by atoms with Crippen LogP contribution in [-0.2, 0) is 5.75 Å². The molecule has 2 N–H and O–H groups in total. The van der Waals surface area contributed by atoms with E-state index in [1.807, 2.05) is 18.2 Å². The molecule has 4 nitrogen and oxygen atoms in total. The van der Waals surface area contributed by atoms with E-state index in [0.29, 0.717) is 20.9 Å². The van der Waals surface area contributed by atoms with Crippen molar-refractivity contribution >= 4 is 51.4 Å². The fraction of sp³-hybridized carbons (Fsp3) is 0.273. The van der Waals surface area contributed by atoms with Gasteiger partial charge in [-0.15, -0.1) is 10.2 Å². The molecular formula is C11H11Cl2N3OS2. The number of aliphatic hydroxyl groups excluding tert-OH is 1. The molecule has 102 valence electrons. The van der Waals surface area contributed by atoms with Gasteiger partial charge in [0.15, 0.2) is 4.34 Å². The van der Waals surface area contributed by atoms with Crippen LogP contribution in [0, 0.1) is 0 Å². The fourth-order valence-electron chi connectivity index (χ4n) is 1.31. The number of halogens is 2. The summed E-state index contributed by atoms with van der Waals surface area (Å²) in [5.74, 6) is 0.627. The van der Waals surface area contributed by atoms with E-state index in [0.717, 1.165) is 9.90 Å². The first kappa shape index (κ1) is 14.9. The Labute approximate surface area is 129 Å². The number of anilines is 1. The summed E-state index contributed by atoms with van der Waals surface area (Å²) in [5, 5.41) is 21.8. The van der Waals surface area contributed by atoms with Gasteiger partial charge in [-0.2, -0.15) is 0 Å². The van der Waals surface area contributed by atoms with Gasteiger partial charge in [-0.1, -0.05) is 52.4 Å². The van der Waals surface area contributed by atoms with Crippen LogP contribution in [0.5, 0.6) is 0 Å². The van der Waals surface area contributed by atoms with E-state index >= 15 is 0 Å². The van der Waals surface area contributed by atoms with Crippen molar-refractivity contribution in [2.45, 2.75) is 23.2 Å². The van der Waals surface area contributed by atoms with E-state index in [1.54, 1.807) is 6.92 Å². The Kier molecular flexibility index (Phi) is 5.29. The van der Waals surface area contributed by atoms with Crippen molar-refractivity contribution < 1.29 is 5.11 Å². The lowest BCUT2D eigenvalue weighted by Gasteiger charge is -2.04. The maximum atomic E-state index is 9.18. The number of aliphatic hydroxyl groups is 1. The molecule has 0 spiro atoms. The van der Waals surface area contributed by atoms with Gasteiger partial charge in [0.2, 0.25) is 5.13 Å². The minimum atomic E-state index is -0.649. The second-order valence-electron chi connectivity index (χ2n) is 3.68. The third-order valence-electron chi connectivity index (χ3n) is 2.14. The van der Waals surface area contributed by atoms with Gasteiger partial charge in [0.25, 0.3) is 0 Å². The average Bonchev–Trinajstić information content (AvgIpc) is 2.75. The van der Waals surface area contributed by atoms with Gasteiger partial charge in [-0.25, -0.2) is 0 Å². The highest BCUT2D eigenvalue weighted by atomic mass is 35.5. The lowest BCUT2D eigenvalue weighted by molar-refractivity contribution is 0.224. The molecular weight excluding hydrogens is 325 g/mol. The second kappa shape index (κ2) is 6.76. The quantitative estimate of drug-likeness (QED) is 0.641. The van der Waals surface area contributed by atoms with E-state index in [4.69, 9.17) is 23.2 Å². The van der Waals surface area contributed by atoms with Gasteiger partial charge in [0, 0.05) is 15.8 Å². The Bertz CT molecular complexity index is 542. The van der Waals surface area contributed by atoms with Crippen molar-refractivity contribution in [3.05, 3.63) is 33.8 Å². The number of benzene rings is 1. The highest BCUT2D eigenvalue weighted by Gasteiger charge is 2.10. The summed E-state index contributed by atoms with van der Waals surface area (Å²) >= 11 is 15.1. The van der Waals surface area contributed by atoms with Crippen LogP contribution in [0.15, 0.2) is 22.5 Å². The average molecular weight is 336 g/mol. The molecule has 19 heavy (non-hydrogen) atoms. The van der Waals surface area contributed by atoms with Gasteiger partial charge in [0.1, 0.15) is 6.23 Å². The number of hydrogen-bond acceptors (Lipinski definition) is 6. The Balaban J connectivity index is 2.01. The summed E-state index contributed by atoms with van der Waals surface area (Å²) in [6.45, 7) is 1.62. The molecule has 0 radical (unpaired) electrons. The maximum Gasteiger partial charge on any atom is 0.208 e. The summed E-state index contributed by atoms with van der Waals surface area (Å²) in [6, 6.07) is 5.43. The molecule has 1 aromatic heterocycles. The molecule has 1 unspecified atom stereocenters. The SMILES string of the molecule is CC(O)Nc1nnc(SCc2c(Cl)cccc2Cl)s1. The number of nitrogens with one attached hydrogen (secondary N) is 1. The van der Waals surface area contributed by atoms with E-state index in [1.165, 1.54) is 23.1 Å². The molecule has 0 aliphatic carbocycles. The third kappa shape index (κ3) is 4.22. The van der Waals surface area contributed by atoms with Crippen LogP contribution in [-0.4, -0.2) is 21.5 Å². The van der Waals surface area contributed by atoms with Crippen molar-refractivity contribution in [3.63, 3.8) is 0 Å². The molecule has 1 atom stereocenters. The molecule has 0 bridgehead atoms. The topological polar surface area (TPSA) is 58.0 Å². The highest BCUT2D eigenvalue weighted by Crippen LogP contribution is 2.33. The van der Waals surface area contributed by atoms with Crippen LogP contribution >= 0.6 is 46.3 Å². The predicted octanol–water partition coefficient (Wildman–Crippen LogP) is 3.89. The number of nitrogens with zero attached hydrogens (tertiary/aromatic N) is 2. The fourth-order valence-corrected chi connectivity index (χ4v) is 3.88. The second-order valence-corrected chi connectivity index (χ2v) is 6.70. The van der Waals surface area contributed by atoms with E-state index < -0.39 is 6.23 Å². The molecule has 2 rings (SSSR count). The summed E-state index contributed by atoms with van der Waals surface area (Å²) < 4.78 is 0.791. The minimum Gasteiger partial charge on any atom is -0.374 e. The Hall–Kier alpha value is -0.530. The van der Waals surface area contributed by atoms with E-state index in [-0.39, 0.29) is 0 Å². The monoisotopic (exact) mass is 335 g/mol. The van der Waals surface area contributed by atoms with Crippen LogP contribution in [0.25, 0.3) is 0 Å². The molecule has 0 aliphatic rings. The molecule has 8 heteroatoms. The number of hydrogen-bond donors (Lipinski definition) is 2. The molecule has 2 aromatic rings. The van der Waals surface area contributed by atoms with Crippen LogP contribution < -0.4 is 5.32 Å². The predicted molar refractivity (Wildman–Crippen MR) is 81.2 cm³/mol. The van der Waals surface area contributed by atoms with Crippen molar-refractivity contribution in [2.75, 3.05) is 5.32 Å². The van der Waals surface area contributed by atoms with Crippen molar-refractivity contribution in [1.82, 2.24) is 10.2 Å². The zero-order valence-electron chi connectivity index (χ0n) is 9.93. The third-order valence-corrected chi connectivity index (χ3v) is 4.86. The largest absolute Gasteiger partial charge is 0.374 e. The first-order valence-electron chi connectivity index (χ1n) is 5.40. The van der Waals surface area contributed by atoms with Gasteiger partial charge in [-0.05, 0) is 24.6 Å².